The van der Waals surface area contributed by atoms with Crippen molar-refractivity contribution in [2.75, 3.05) is 0 Å². The highest BCUT2D eigenvalue weighted by atomic mass is 15.2. The van der Waals surface area contributed by atoms with Crippen molar-refractivity contribution in [3.63, 3.8) is 0 Å². The molecule has 122 valence electrons. The van der Waals surface area contributed by atoms with Crippen LogP contribution in [0.4, 0.5) is 0 Å². The summed E-state index contributed by atoms with van der Waals surface area (Å²) in [5, 5.41) is 0. The number of aryl methyl sites for hydroxylation is 1. The van der Waals surface area contributed by atoms with Crippen LogP contribution in [0, 0.1) is 0 Å². The summed E-state index contributed by atoms with van der Waals surface area (Å²) < 4.78 is 4.90. The molecular weight excluding hydrogens is 256 g/mol. The first-order chi connectivity index (χ1) is 10.1. The molecule has 2 nitrogen and oxygen atoms in total. The van der Waals surface area contributed by atoms with Gasteiger partial charge in [0.25, 0.3) is 5.82 Å². The van der Waals surface area contributed by atoms with E-state index in [2.05, 4.69) is 56.1 Å². The zero-order valence-electron chi connectivity index (χ0n) is 15.1. The van der Waals surface area contributed by atoms with Crippen molar-refractivity contribution in [1.29, 1.82) is 0 Å². The number of hydrogen-bond donors (Lipinski definition) is 0. The normalized spacial score (nSPS) is 11.8. The number of nitrogens with zero attached hydrogens (tertiary/aromatic N) is 2. The summed E-state index contributed by atoms with van der Waals surface area (Å²) in [7, 11) is 0. The monoisotopic (exact) mass is 293 g/mol. The Kier molecular flexibility index (Phi) is 8.72. The molecule has 0 fully saturated rings. The first kappa shape index (κ1) is 18.3. The molecule has 0 unspecified atom stereocenters. The van der Waals surface area contributed by atoms with E-state index in [9.17, 15) is 0 Å². The molecule has 2 heteroatoms. The highest BCUT2D eigenvalue weighted by Gasteiger charge is 2.21. The van der Waals surface area contributed by atoms with E-state index in [4.69, 9.17) is 0 Å². The summed E-state index contributed by atoms with van der Waals surface area (Å²) in [6, 6.07) is 0.558. The minimum atomic E-state index is 0.558. The Morgan fingerprint density at radius 2 is 1.48 bits per heavy atom. The van der Waals surface area contributed by atoms with Crippen molar-refractivity contribution in [2.45, 2.75) is 104 Å². The molecule has 1 aromatic heterocycles. The number of unbranched alkanes of at least 4 members (excludes halogenated alkanes) is 7. The standard InChI is InChI=1S/C19H37N2/c1-6-7-8-9-10-11-12-13-14-20-15-16-21(18(4)5)19(20)17(2)3/h15-18H,6-14H2,1-5H3/q+1. The van der Waals surface area contributed by atoms with Crippen LogP contribution in [0.15, 0.2) is 12.4 Å². The number of rotatable bonds is 11. The van der Waals surface area contributed by atoms with Gasteiger partial charge in [0.15, 0.2) is 0 Å². The second kappa shape index (κ2) is 10.0. The molecule has 1 aromatic rings. The third kappa shape index (κ3) is 6.23. The van der Waals surface area contributed by atoms with Gasteiger partial charge in [-0.1, -0.05) is 59.3 Å². The van der Waals surface area contributed by atoms with Crippen LogP contribution in [0.25, 0.3) is 0 Å². The van der Waals surface area contributed by atoms with E-state index in [1.54, 1.807) is 0 Å². The molecule has 0 saturated carbocycles. The lowest BCUT2D eigenvalue weighted by molar-refractivity contribution is -0.705. The molecule has 0 N–H and O–H groups in total. The van der Waals surface area contributed by atoms with Crippen molar-refractivity contribution in [3.8, 4) is 0 Å². The van der Waals surface area contributed by atoms with Crippen molar-refractivity contribution >= 4 is 0 Å². The average molecular weight is 294 g/mol. The van der Waals surface area contributed by atoms with E-state index in [-0.39, 0.29) is 0 Å². The van der Waals surface area contributed by atoms with Gasteiger partial charge < -0.3 is 0 Å². The maximum atomic E-state index is 2.47. The van der Waals surface area contributed by atoms with E-state index in [0.717, 1.165) is 0 Å². The lowest BCUT2D eigenvalue weighted by atomic mass is 10.1. The quantitative estimate of drug-likeness (QED) is 0.370. The molecule has 0 aliphatic heterocycles. The third-order valence-corrected chi connectivity index (χ3v) is 4.29. The van der Waals surface area contributed by atoms with Crippen LogP contribution >= 0.6 is 0 Å². The second-order valence-electron chi connectivity index (χ2n) is 6.98. The van der Waals surface area contributed by atoms with Crippen LogP contribution in [0.1, 0.15) is 104 Å². The van der Waals surface area contributed by atoms with Crippen LogP contribution in [0.2, 0.25) is 0 Å². The van der Waals surface area contributed by atoms with Crippen LogP contribution in [0.3, 0.4) is 0 Å². The Labute approximate surface area is 132 Å². The van der Waals surface area contributed by atoms with Crippen molar-refractivity contribution < 1.29 is 4.57 Å². The average Bonchev–Trinajstić information content (AvgIpc) is 2.86. The van der Waals surface area contributed by atoms with Crippen LogP contribution in [0.5, 0.6) is 0 Å². The summed E-state index contributed by atoms with van der Waals surface area (Å²) in [4.78, 5) is 0. The van der Waals surface area contributed by atoms with Crippen LogP contribution in [-0.2, 0) is 6.54 Å². The van der Waals surface area contributed by atoms with Gasteiger partial charge in [-0.2, -0.15) is 0 Å². The zero-order valence-corrected chi connectivity index (χ0v) is 15.1. The number of imidazole rings is 1. The molecule has 1 heterocycles. The van der Waals surface area contributed by atoms with E-state index in [0.29, 0.717) is 12.0 Å². The molecule has 0 aliphatic carbocycles. The minimum absolute atomic E-state index is 0.558. The highest BCUT2D eigenvalue weighted by Crippen LogP contribution is 2.16. The van der Waals surface area contributed by atoms with Gasteiger partial charge in [0.05, 0.1) is 18.5 Å². The smallest absolute Gasteiger partial charge is 0.234 e. The maximum absolute atomic E-state index is 2.47. The largest absolute Gasteiger partial charge is 0.259 e. The van der Waals surface area contributed by atoms with Gasteiger partial charge in [0.1, 0.15) is 12.4 Å². The van der Waals surface area contributed by atoms with Crippen molar-refractivity contribution in [3.05, 3.63) is 18.2 Å². The fourth-order valence-corrected chi connectivity index (χ4v) is 3.12. The minimum Gasteiger partial charge on any atom is -0.234 e. The van der Waals surface area contributed by atoms with E-state index in [1.165, 1.54) is 63.7 Å². The summed E-state index contributed by atoms with van der Waals surface area (Å²) in [6.07, 6.45) is 15.7. The van der Waals surface area contributed by atoms with Gasteiger partial charge in [-0.15, -0.1) is 0 Å². The molecule has 0 saturated heterocycles. The van der Waals surface area contributed by atoms with Gasteiger partial charge in [0.2, 0.25) is 0 Å². The van der Waals surface area contributed by atoms with Gasteiger partial charge in [-0.3, -0.25) is 0 Å². The van der Waals surface area contributed by atoms with Crippen molar-refractivity contribution in [2.24, 2.45) is 0 Å². The molecule has 0 bridgehead atoms. The fourth-order valence-electron chi connectivity index (χ4n) is 3.12. The summed E-state index contributed by atoms with van der Waals surface area (Å²) in [5.74, 6) is 2.07. The first-order valence-corrected chi connectivity index (χ1v) is 9.18. The first-order valence-electron chi connectivity index (χ1n) is 9.18. The summed E-state index contributed by atoms with van der Waals surface area (Å²) in [6.45, 7) is 12.6. The lowest BCUT2D eigenvalue weighted by Gasteiger charge is -2.10. The Hall–Kier alpha value is -0.790. The molecule has 0 aromatic carbocycles. The Balaban J connectivity index is 2.32. The summed E-state index contributed by atoms with van der Waals surface area (Å²) in [5.41, 5.74) is 0. The van der Waals surface area contributed by atoms with Gasteiger partial charge in [0, 0.05) is 0 Å². The highest BCUT2D eigenvalue weighted by molar-refractivity contribution is 4.91. The molecule has 0 spiro atoms. The molecule has 0 atom stereocenters. The van der Waals surface area contributed by atoms with Gasteiger partial charge in [-0.25, -0.2) is 9.13 Å². The predicted molar refractivity (Wildman–Crippen MR) is 91.7 cm³/mol. The molecule has 0 radical (unpaired) electrons. The van der Waals surface area contributed by atoms with E-state index >= 15 is 0 Å². The molecule has 0 amide bonds. The molecular formula is C19H37N2+. The van der Waals surface area contributed by atoms with Crippen LogP contribution in [-0.4, -0.2) is 4.57 Å². The zero-order chi connectivity index (χ0) is 15.7. The molecule has 1 rings (SSSR count). The fraction of sp³-hybridized carbons (Fsp3) is 0.842. The SMILES string of the molecule is CCCCCCCCCC[n+]1ccn(C(C)C)c1C(C)C. The third-order valence-electron chi connectivity index (χ3n) is 4.29. The second-order valence-corrected chi connectivity index (χ2v) is 6.98. The van der Waals surface area contributed by atoms with Gasteiger partial charge >= 0.3 is 0 Å². The molecule has 0 aliphatic rings. The van der Waals surface area contributed by atoms with Crippen molar-refractivity contribution in [1.82, 2.24) is 4.57 Å². The van der Waals surface area contributed by atoms with E-state index in [1.807, 2.05) is 0 Å². The number of aromatic nitrogens is 2. The van der Waals surface area contributed by atoms with Gasteiger partial charge in [-0.05, 0) is 26.7 Å². The lowest BCUT2D eigenvalue weighted by Crippen LogP contribution is -2.38. The van der Waals surface area contributed by atoms with Crippen LogP contribution < -0.4 is 4.57 Å². The number of hydrogen-bond acceptors (Lipinski definition) is 0. The summed E-state index contributed by atoms with van der Waals surface area (Å²) >= 11 is 0. The maximum Gasteiger partial charge on any atom is 0.259 e. The Bertz CT molecular complexity index is 377. The Morgan fingerprint density at radius 1 is 0.905 bits per heavy atom. The topological polar surface area (TPSA) is 8.81 Å². The molecule has 21 heavy (non-hydrogen) atoms. The van der Waals surface area contributed by atoms with E-state index < -0.39 is 0 Å². The Morgan fingerprint density at radius 3 is 2.00 bits per heavy atom. The predicted octanol–water partition coefficient (Wildman–Crippen LogP) is 5.62.